The SMILES string of the molecule is Cc1ccc(C(=O)NC2CCCC2CNC(=O)Cn2cncn2)s1. The van der Waals surface area contributed by atoms with E-state index in [2.05, 4.69) is 20.7 Å². The Bertz CT molecular complexity index is 697. The van der Waals surface area contributed by atoms with Crippen LogP contribution in [0.2, 0.25) is 0 Å². The number of hydrogen-bond acceptors (Lipinski definition) is 5. The smallest absolute Gasteiger partial charge is 0.261 e. The van der Waals surface area contributed by atoms with Crippen LogP contribution in [-0.2, 0) is 11.3 Å². The predicted octanol–water partition coefficient (Wildman–Crippen LogP) is 1.36. The number of thiophene rings is 1. The van der Waals surface area contributed by atoms with E-state index >= 15 is 0 Å². The average molecular weight is 347 g/mol. The molecule has 0 aromatic carbocycles. The van der Waals surface area contributed by atoms with Gasteiger partial charge in [-0.15, -0.1) is 11.3 Å². The summed E-state index contributed by atoms with van der Waals surface area (Å²) in [5.74, 6) is 0.167. The average Bonchev–Trinajstić information content (AvgIpc) is 3.28. The summed E-state index contributed by atoms with van der Waals surface area (Å²) in [7, 11) is 0. The highest BCUT2D eigenvalue weighted by Crippen LogP contribution is 2.26. The highest BCUT2D eigenvalue weighted by Gasteiger charge is 2.29. The van der Waals surface area contributed by atoms with E-state index in [-0.39, 0.29) is 30.3 Å². The molecule has 24 heavy (non-hydrogen) atoms. The Labute approximate surface area is 144 Å². The molecule has 2 N–H and O–H groups in total. The summed E-state index contributed by atoms with van der Waals surface area (Å²) in [6.07, 6.45) is 5.96. The van der Waals surface area contributed by atoms with Gasteiger partial charge in [0.25, 0.3) is 5.91 Å². The molecule has 0 aliphatic heterocycles. The maximum Gasteiger partial charge on any atom is 0.261 e. The molecule has 128 valence electrons. The van der Waals surface area contributed by atoms with Crippen molar-refractivity contribution in [1.82, 2.24) is 25.4 Å². The molecule has 2 aromatic rings. The Morgan fingerprint density at radius 3 is 2.96 bits per heavy atom. The largest absolute Gasteiger partial charge is 0.354 e. The van der Waals surface area contributed by atoms with Crippen molar-refractivity contribution >= 4 is 23.2 Å². The van der Waals surface area contributed by atoms with Crippen LogP contribution in [0, 0.1) is 12.8 Å². The summed E-state index contributed by atoms with van der Waals surface area (Å²) in [4.78, 5) is 29.9. The van der Waals surface area contributed by atoms with Crippen LogP contribution >= 0.6 is 11.3 Å². The minimum absolute atomic E-state index is 0.0149. The maximum absolute atomic E-state index is 12.3. The second-order valence-electron chi connectivity index (χ2n) is 6.08. The van der Waals surface area contributed by atoms with Gasteiger partial charge in [-0.3, -0.25) is 9.59 Å². The van der Waals surface area contributed by atoms with Crippen LogP contribution in [0.15, 0.2) is 24.8 Å². The molecule has 2 unspecified atom stereocenters. The van der Waals surface area contributed by atoms with Gasteiger partial charge in [-0.25, -0.2) is 9.67 Å². The van der Waals surface area contributed by atoms with Gasteiger partial charge in [0.05, 0.1) is 4.88 Å². The molecule has 3 rings (SSSR count). The lowest BCUT2D eigenvalue weighted by molar-refractivity contribution is -0.122. The Morgan fingerprint density at radius 1 is 1.38 bits per heavy atom. The van der Waals surface area contributed by atoms with E-state index < -0.39 is 0 Å². The Kier molecular flexibility index (Phi) is 5.24. The molecule has 0 saturated heterocycles. The third kappa shape index (κ3) is 4.19. The van der Waals surface area contributed by atoms with E-state index in [1.807, 2.05) is 19.1 Å². The standard InChI is InChI=1S/C16H21N5O2S/c1-11-5-6-14(24-11)16(23)20-13-4-2-3-12(13)7-18-15(22)8-21-10-17-9-19-21/h5-6,9-10,12-13H,2-4,7-8H2,1H3,(H,18,22)(H,20,23). The highest BCUT2D eigenvalue weighted by atomic mass is 32.1. The number of nitrogens with zero attached hydrogens (tertiary/aromatic N) is 3. The van der Waals surface area contributed by atoms with Crippen LogP contribution < -0.4 is 10.6 Å². The molecule has 1 aliphatic rings. The van der Waals surface area contributed by atoms with Crippen LogP contribution in [0.1, 0.15) is 33.8 Å². The zero-order chi connectivity index (χ0) is 16.9. The first-order chi connectivity index (χ1) is 11.6. The first kappa shape index (κ1) is 16.6. The lowest BCUT2D eigenvalue weighted by Crippen LogP contribution is -2.42. The topological polar surface area (TPSA) is 88.9 Å². The van der Waals surface area contributed by atoms with Gasteiger partial charge in [-0.2, -0.15) is 5.10 Å². The molecule has 2 aromatic heterocycles. The second kappa shape index (κ2) is 7.57. The normalized spacial score (nSPS) is 20.0. The molecule has 7 nitrogen and oxygen atoms in total. The predicted molar refractivity (Wildman–Crippen MR) is 90.7 cm³/mol. The third-order valence-corrected chi connectivity index (χ3v) is 5.27. The quantitative estimate of drug-likeness (QED) is 0.826. The summed E-state index contributed by atoms with van der Waals surface area (Å²) in [6, 6.07) is 3.93. The lowest BCUT2D eigenvalue weighted by atomic mass is 10.0. The summed E-state index contributed by atoms with van der Waals surface area (Å²) in [6.45, 7) is 2.73. The number of nitrogens with one attached hydrogen (secondary N) is 2. The summed E-state index contributed by atoms with van der Waals surface area (Å²) in [5.41, 5.74) is 0. The van der Waals surface area contributed by atoms with Crippen LogP contribution in [0.4, 0.5) is 0 Å². The Balaban J connectivity index is 1.48. The minimum Gasteiger partial charge on any atom is -0.354 e. The van der Waals surface area contributed by atoms with Crippen molar-refractivity contribution in [2.75, 3.05) is 6.54 Å². The van der Waals surface area contributed by atoms with Gasteiger partial charge in [0.1, 0.15) is 19.2 Å². The van der Waals surface area contributed by atoms with Gasteiger partial charge < -0.3 is 10.6 Å². The van der Waals surface area contributed by atoms with E-state index in [4.69, 9.17) is 0 Å². The zero-order valence-electron chi connectivity index (χ0n) is 13.6. The number of carbonyl (C=O) groups excluding carboxylic acids is 2. The van der Waals surface area contributed by atoms with E-state index in [0.717, 1.165) is 29.0 Å². The summed E-state index contributed by atoms with van der Waals surface area (Å²) < 4.78 is 1.49. The molecule has 0 radical (unpaired) electrons. The molecular formula is C16H21N5O2S. The highest BCUT2D eigenvalue weighted by molar-refractivity contribution is 7.13. The maximum atomic E-state index is 12.3. The molecule has 1 saturated carbocycles. The van der Waals surface area contributed by atoms with Crippen molar-refractivity contribution < 1.29 is 9.59 Å². The molecule has 2 atom stereocenters. The fourth-order valence-corrected chi connectivity index (χ4v) is 3.80. The van der Waals surface area contributed by atoms with Gasteiger partial charge >= 0.3 is 0 Å². The lowest BCUT2D eigenvalue weighted by Gasteiger charge is -2.21. The van der Waals surface area contributed by atoms with Crippen LogP contribution in [0.25, 0.3) is 0 Å². The molecule has 2 heterocycles. The van der Waals surface area contributed by atoms with Gasteiger partial charge in [-0.1, -0.05) is 6.42 Å². The van der Waals surface area contributed by atoms with Crippen molar-refractivity contribution in [3.05, 3.63) is 34.5 Å². The van der Waals surface area contributed by atoms with Gasteiger partial charge in [0.2, 0.25) is 5.91 Å². The fraction of sp³-hybridized carbons (Fsp3) is 0.500. The first-order valence-corrected chi connectivity index (χ1v) is 8.90. The van der Waals surface area contributed by atoms with Crippen LogP contribution in [-0.4, -0.2) is 39.2 Å². The molecule has 8 heteroatoms. The Hall–Kier alpha value is -2.22. The van der Waals surface area contributed by atoms with Crippen molar-refractivity contribution in [1.29, 1.82) is 0 Å². The van der Waals surface area contributed by atoms with E-state index in [9.17, 15) is 9.59 Å². The zero-order valence-corrected chi connectivity index (χ0v) is 14.4. The molecule has 1 fully saturated rings. The van der Waals surface area contributed by atoms with Crippen molar-refractivity contribution in [3.63, 3.8) is 0 Å². The second-order valence-corrected chi connectivity index (χ2v) is 7.37. The van der Waals surface area contributed by atoms with Gasteiger partial charge in [0, 0.05) is 17.5 Å². The van der Waals surface area contributed by atoms with E-state index in [0.29, 0.717) is 6.54 Å². The number of rotatable bonds is 6. The van der Waals surface area contributed by atoms with Crippen LogP contribution in [0.5, 0.6) is 0 Å². The minimum atomic E-state index is -0.0913. The number of hydrogen-bond donors (Lipinski definition) is 2. The number of amides is 2. The van der Waals surface area contributed by atoms with Crippen molar-refractivity contribution in [3.8, 4) is 0 Å². The summed E-state index contributed by atoms with van der Waals surface area (Å²) >= 11 is 1.50. The molecule has 1 aliphatic carbocycles. The number of carbonyl (C=O) groups is 2. The van der Waals surface area contributed by atoms with Gasteiger partial charge in [-0.05, 0) is 37.8 Å². The third-order valence-electron chi connectivity index (χ3n) is 4.27. The number of aromatic nitrogens is 3. The van der Waals surface area contributed by atoms with Crippen molar-refractivity contribution in [2.24, 2.45) is 5.92 Å². The first-order valence-electron chi connectivity index (χ1n) is 8.08. The monoisotopic (exact) mass is 347 g/mol. The van der Waals surface area contributed by atoms with E-state index in [1.165, 1.54) is 28.7 Å². The summed E-state index contributed by atoms with van der Waals surface area (Å²) in [5, 5.41) is 9.97. The van der Waals surface area contributed by atoms with E-state index in [1.54, 1.807) is 0 Å². The molecule has 0 bridgehead atoms. The molecular weight excluding hydrogens is 326 g/mol. The van der Waals surface area contributed by atoms with Crippen LogP contribution in [0.3, 0.4) is 0 Å². The molecule has 0 spiro atoms. The van der Waals surface area contributed by atoms with Gasteiger partial charge in [0.15, 0.2) is 0 Å². The fourth-order valence-electron chi connectivity index (χ4n) is 3.03. The van der Waals surface area contributed by atoms with Crippen molar-refractivity contribution in [2.45, 2.75) is 38.8 Å². The number of aryl methyl sites for hydroxylation is 1. The molecule has 2 amide bonds. The Morgan fingerprint density at radius 2 is 2.25 bits per heavy atom.